The summed E-state index contributed by atoms with van der Waals surface area (Å²) in [5.74, 6) is 0.387. The van der Waals surface area contributed by atoms with E-state index in [0.717, 1.165) is 18.5 Å². The average Bonchev–Trinajstić information content (AvgIpc) is 2.75. The monoisotopic (exact) mass is 173 g/mol. The molecule has 1 aromatic heterocycles. The molecule has 1 heterocycles. The lowest BCUT2D eigenvalue weighted by Gasteiger charge is -1.93. The van der Waals surface area contributed by atoms with Gasteiger partial charge in [-0.25, -0.2) is 0 Å². The van der Waals surface area contributed by atoms with Gasteiger partial charge in [0, 0.05) is 5.92 Å². The van der Waals surface area contributed by atoms with Gasteiger partial charge < -0.3 is 0 Å². The molecule has 0 aromatic carbocycles. The molecule has 0 aliphatic heterocycles. The summed E-state index contributed by atoms with van der Waals surface area (Å²) in [5.41, 5.74) is 1.38. The lowest BCUT2D eigenvalue weighted by atomic mass is 10.2. The number of nitrogens with zero attached hydrogens (tertiary/aromatic N) is 3. The molecule has 3 nitrogen and oxygen atoms in total. The third kappa shape index (κ3) is 1.19. The Labute approximate surface area is 68.4 Å². The number of aryl methyl sites for hydroxylation is 1. The Bertz CT molecular complexity index is 291. The molecular formula is C7H9F2N3. The lowest BCUT2D eigenvalue weighted by Crippen LogP contribution is -2.02. The number of alkyl halides is 2. The first-order valence-corrected chi connectivity index (χ1v) is 3.90. The van der Waals surface area contributed by atoms with Crippen LogP contribution in [0.15, 0.2) is 0 Å². The van der Waals surface area contributed by atoms with E-state index in [9.17, 15) is 8.78 Å². The van der Waals surface area contributed by atoms with E-state index in [1.54, 1.807) is 6.92 Å². The number of hydrogen-bond donors (Lipinski definition) is 0. The second-order valence-electron chi connectivity index (χ2n) is 3.04. The molecule has 0 bridgehead atoms. The van der Waals surface area contributed by atoms with E-state index in [2.05, 4.69) is 10.2 Å². The van der Waals surface area contributed by atoms with Crippen molar-refractivity contribution in [1.29, 1.82) is 0 Å². The topological polar surface area (TPSA) is 30.7 Å². The van der Waals surface area contributed by atoms with Crippen molar-refractivity contribution in [2.75, 3.05) is 0 Å². The minimum absolute atomic E-state index is 0.387. The minimum Gasteiger partial charge on any atom is -0.182 e. The molecule has 0 radical (unpaired) electrons. The zero-order valence-electron chi connectivity index (χ0n) is 6.67. The normalized spacial score (nSPS) is 17.3. The minimum atomic E-state index is -2.61. The van der Waals surface area contributed by atoms with Crippen molar-refractivity contribution in [1.82, 2.24) is 15.0 Å². The first kappa shape index (κ1) is 7.64. The van der Waals surface area contributed by atoms with Gasteiger partial charge in [-0.3, -0.25) is 0 Å². The van der Waals surface area contributed by atoms with Gasteiger partial charge in [-0.15, -0.1) is 4.80 Å². The Hall–Kier alpha value is -1.00. The van der Waals surface area contributed by atoms with E-state index < -0.39 is 6.55 Å². The van der Waals surface area contributed by atoms with E-state index in [-0.39, 0.29) is 0 Å². The Morgan fingerprint density at radius 2 is 2.08 bits per heavy atom. The molecule has 0 N–H and O–H groups in total. The maximum absolute atomic E-state index is 12.1. The van der Waals surface area contributed by atoms with E-state index in [4.69, 9.17) is 0 Å². The van der Waals surface area contributed by atoms with Crippen LogP contribution in [0.5, 0.6) is 0 Å². The van der Waals surface area contributed by atoms with Crippen molar-refractivity contribution in [3.8, 4) is 0 Å². The summed E-state index contributed by atoms with van der Waals surface area (Å²) >= 11 is 0. The van der Waals surface area contributed by atoms with Gasteiger partial charge in [0.05, 0.1) is 11.4 Å². The first-order chi connectivity index (χ1) is 5.68. The summed E-state index contributed by atoms with van der Waals surface area (Å²) in [6.45, 7) is -0.893. The van der Waals surface area contributed by atoms with Crippen molar-refractivity contribution >= 4 is 0 Å². The highest BCUT2D eigenvalue weighted by Crippen LogP contribution is 2.40. The van der Waals surface area contributed by atoms with Crippen LogP contribution >= 0.6 is 0 Å². The van der Waals surface area contributed by atoms with Crippen LogP contribution in [-0.4, -0.2) is 15.0 Å². The van der Waals surface area contributed by atoms with Crippen molar-refractivity contribution in [3.05, 3.63) is 11.4 Å². The molecule has 1 saturated carbocycles. The van der Waals surface area contributed by atoms with Crippen LogP contribution < -0.4 is 0 Å². The van der Waals surface area contributed by atoms with Crippen LogP contribution in [0.1, 0.15) is 36.7 Å². The maximum atomic E-state index is 12.1. The van der Waals surface area contributed by atoms with E-state index in [0.29, 0.717) is 16.4 Å². The Morgan fingerprint density at radius 3 is 2.50 bits per heavy atom. The van der Waals surface area contributed by atoms with Crippen LogP contribution in [0.4, 0.5) is 8.78 Å². The molecule has 2 rings (SSSR count). The zero-order chi connectivity index (χ0) is 8.72. The fourth-order valence-electron chi connectivity index (χ4n) is 1.23. The number of hydrogen-bond acceptors (Lipinski definition) is 2. The van der Waals surface area contributed by atoms with Gasteiger partial charge in [-0.2, -0.15) is 19.0 Å². The number of aromatic nitrogens is 3. The standard InChI is InChI=1S/C7H9F2N3/c1-4-6(5-2-3-5)11-12(10-4)7(8)9/h5,7H,2-3H2,1H3. The summed E-state index contributed by atoms with van der Waals surface area (Å²) in [6.07, 6.45) is 2.12. The van der Waals surface area contributed by atoms with Crippen molar-refractivity contribution in [3.63, 3.8) is 0 Å². The molecule has 1 aliphatic carbocycles. The smallest absolute Gasteiger partial charge is 0.182 e. The second-order valence-corrected chi connectivity index (χ2v) is 3.04. The van der Waals surface area contributed by atoms with Crippen LogP contribution in [-0.2, 0) is 0 Å². The van der Waals surface area contributed by atoms with Crippen LogP contribution in [0.3, 0.4) is 0 Å². The highest BCUT2D eigenvalue weighted by atomic mass is 19.3. The molecule has 1 fully saturated rings. The number of halogens is 2. The molecule has 1 aromatic rings. The molecule has 1 aliphatic rings. The van der Waals surface area contributed by atoms with E-state index in [1.165, 1.54) is 0 Å². The molecule has 0 saturated heterocycles. The highest BCUT2D eigenvalue weighted by Gasteiger charge is 2.29. The SMILES string of the molecule is Cc1nn(C(F)F)nc1C1CC1. The molecule has 0 spiro atoms. The Balaban J connectivity index is 2.30. The highest BCUT2D eigenvalue weighted by molar-refractivity contribution is 5.17. The maximum Gasteiger partial charge on any atom is 0.348 e. The van der Waals surface area contributed by atoms with Crippen LogP contribution in [0.25, 0.3) is 0 Å². The predicted molar refractivity (Wildman–Crippen MR) is 38.0 cm³/mol. The fourth-order valence-corrected chi connectivity index (χ4v) is 1.23. The zero-order valence-corrected chi connectivity index (χ0v) is 6.67. The Kier molecular flexibility index (Phi) is 1.59. The molecule has 0 unspecified atom stereocenters. The van der Waals surface area contributed by atoms with E-state index >= 15 is 0 Å². The van der Waals surface area contributed by atoms with Gasteiger partial charge >= 0.3 is 6.55 Å². The predicted octanol–water partition coefficient (Wildman–Crippen LogP) is 1.86. The molecule has 5 heteroatoms. The largest absolute Gasteiger partial charge is 0.348 e. The van der Waals surface area contributed by atoms with Crippen molar-refractivity contribution in [2.24, 2.45) is 0 Å². The van der Waals surface area contributed by atoms with Crippen molar-refractivity contribution in [2.45, 2.75) is 32.2 Å². The summed E-state index contributed by atoms with van der Waals surface area (Å²) in [5, 5.41) is 7.35. The summed E-state index contributed by atoms with van der Waals surface area (Å²) in [7, 11) is 0. The summed E-state index contributed by atoms with van der Waals surface area (Å²) in [4.78, 5) is 0.489. The number of rotatable bonds is 2. The summed E-state index contributed by atoms with van der Waals surface area (Å²) in [6, 6.07) is 0. The lowest BCUT2D eigenvalue weighted by molar-refractivity contribution is 0.0407. The van der Waals surface area contributed by atoms with Gasteiger partial charge in [0.15, 0.2) is 0 Å². The molecule has 12 heavy (non-hydrogen) atoms. The van der Waals surface area contributed by atoms with Crippen LogP contribution in [0.2, 0.25) is 0 Å². The van der Waals surface area contributed by atoms with Gasteiger partial charge in [-0.1, -0.05) is 0 Å². The van der Waals surface area contributed by atoms with E-state index in [1.807, 2.05) is 0 Å². The van der Waals surface area contributed by atoms with Gasteiger partial charge in [0.1, 0.15) is 0 Å². The molecule has 0 amide bonds. The quantitative estimate of drug-likeness (QED) is 0.683. The van der Waals surface area contributed by atoms with Gasteiger partial charge in [0.25, 0.3) is 0 Å². The average molecular weight is 173 g/mol. The fraction of sp³-hybridized carbons (Fsp3) is 0.714. The van der Waals surface area contributed by atoms with Crippen molar-refractivity contribution < 1.29 is 8.78 Å². The third-order valence-corrected chi connectivity index (χ3v) is 1.97. The molecule has 0 atom stereocenters. The summed E-state index contributed by atoms with van der Waals surface area (Å²) < 4.78 is 24.2. The molecular weight excluding hydrogens is 164 g/mol. The Morgan fingerprint density at radius 1 is 1.42 bits per heavy atom. The first-order valence-electron chi connectivity index (χ1n) is 3.90. The molecule has 66 valence electrons. The van der Waals surface area contributed by atoms with Gasteiger partial charge in [-0.05, 0) is 19.8 Å². The van der Waals surface area contributed by atoms with Gasteiger partial charge in [0.2, 0.25) is 0 Å². The van der Waals surface area contributed by atoms with Crippen LogP contribution in [0, 0.1) is 6.92 Å². The third-order valence-electron chi connectivity index (χ3n) is 1.97. The second kappa shape index (κ2) is 2.50.